The lowest BCUT2D eigenvalue weighted by atomic mass is 9.91. The first-order valence-corrected chi connectivity index (χ1v) is 7.44. The van der Waals surface area contributed by atoms with Crippen molar-refractivity contribution in [2.45, 2.75) is 32.2 Å². The van der Waals surface area contributed by atoms with Crippen molar-refractivity contribution in [2.24, 2.45) is 0 Å². The molecule has 0 saturated heterocycles. The van der Waals surface area contributed by atoms with Crippen molar-refractivity contribution in [3.05, 3.63) is 23.3 Å². The zero-order valence-corrected chi connectivity index (χ0v) is 13.0. The number of rotatable bonds is 6. The Morgan fingerprint density at radius 2 is 2.05 bits per heavy atom. The molecule has 0 aromatic heterocycles. The fraction of sp³-hybridized carbons (Fsp3) is 0.562. The van der Waals surface area contributed by atoms with Crippen molar-refractivity contribution in [1.82, 2.24) is 10.6 Å². The number of fused-ring (bicyclic) bond motifs is 1. The van der Waals surface area contributed by atoms with Gasteiger partial charge in [-0.3, -0.25) is 4.79 Å². The van der Waals surface area contributed by atoms with Gasteiger partial charge in [0.05, 0.1) is 14.2 Å². The first-order chi connectivity index (χ1) is 10.2. The van der Waals surface area contributed by atoms with Crippen LogP contribution in [0.5, 0.6) is 11.5 Å². The van der Waals surface area contributed by atoms with Crippen molar-refractivity contribution in [2.75, 3.05) is 27.3 Å². The summed E-state index contributed by atoms with van der Waals surface area (Å²) in [6.07, 6.45) is 2.33. The van der Waals surface area contributed by atoms with Crippen molar-refractivity contribution in [3.63, 3.8) is 0 Å². The summed E-state index contributed by atoms with van der Waals surface area (Å²) in [5.74, 6) is 1.53. The molecule has 1 aromatic carbocycles. The number of amides is 1. The Labute approximate surface area is 126 Å². The minimum absolute atomic E-state index is 0.0328. The van der Waals surface area contributed by atoms with Crippen LogP contribution in [0.4, 0.5) is 0 Å². The second-order valence-corrected chi connectivity index (χ2v) is 5.22. The molecule has 0 bridgehead atoms. The summed E-state index contributed by atoms with van der Waals surface area (Å²) >= 11 is 0. The van der Waals surface area contributed by atoms with Crippen molar-refractivity contribution in [3.8, 4) is 11.5 Å². The number of ether oxygens (including phenoxy) is 2. The SMILES string of the molecule is CCCNC(=O)CC1NCCc2cc(OC)c(OC)cc21. The summed E-state index contributed by atoms with van der Waals surface area (Å²) in [5, 5.41) is 6.34. The van der Waals surface area contributed by atoms with Crippen molar-refractivity contribution >= 4 is 5.91 Å². The predicted octanol–water partition coefficient (Wildman–Crippen LogP) is 1.81. The highest BCUT2D eigenvalue weighted by atomic mass is 16.5. The summed E-state index contributed by atoms with van der Waals surface area (Å²) in [6.45, 7) is 3.64. The monoisotopic (exact) mass is 292 g/mol. The van der Waals surface area contributed by atoms with Crippen LogP contribution in [0, 0.1) is 0 Å². The molecule has 0 spiro atoms. The largest absolute Gasteiger partial charge is 0.493 e. The normalized spacial score (nSPS) is 17.0. The Kier molecular flexibility index (Phi) is 5.44. The van der Waals surface area contributed by atoms with Crippen molar-refractivity contribution in [1.29, 1.82) is 0 Å². The highest BCUT2D eigenvalue weighted by molar-refractivity contribution is 5.77. The smallest absolute Gasteiger partial charge is 0.221 e. The molecule has 1 aliphatic rings. The van der Waals surface area contributed by atoms with Crippen LogP contribution in [0.25, 0.3) is 0 Å². The lowest BCUT2D eigenvalue weighted by Crippen LogP contribution is -2.35. The second-order valence-electron chi connectivity index (χ2n) is 5.22. The highest BCUT2D eigenvalue weighted by Gasteiger charge is 2.24. The molecule has 1 amide bonds. The van der Waals surface area contributed by atoms with E-state index in [1.165, 1.54) is 5.56 Å². The molecule has 5 nitrogen and oxygen atoms in total. The second kappa shape index (κ2) is 7.31. The predicted molar refractivity (Wildman–Crippen MR) is 81.9 cm³/mol. The third kappa shape index (κ3) is 3.67. The van der Waals surface area contributed by atoms with Gasteiger partial charge >= 0.3 is 0 Å². The standard InChI is InChI=1S/C16H24N2O3/c1-4-6-18-16(19)10-13-12-9-15(21-3)14(20-2)8-11(12)5-7-17-13/h8-9,13,17H,4-7,10H2,1-3H3,(H,18,19). The zero-order chi connectivity index (χ0) is 15.2. The molecule has 1 aromatic rings. The molecule has 2 N–H and O–H groups in total. The van der Waals surface area contributed by atoms with Gasteiger partial charge in [-0.15, -0.1) is 0 Å². The van der Waals surface area contributed by atoms with Gasteiger partial charge in [-0.2, -0.15) is 0 Å². The maximum absolute atomic E-state index is 12.0. The van der Waals surface area contributed by atoms with E-state index in [2.05, 4.69) is 10.6 Å². The van der Waals surface area contributed by atoms with E-state index in [-0.39, 0.29) is 11.9 Å². The van der Waals surface area contributed by atoms with Gasteiger partial charge in [0, 0.05) is 19.0 Å². The van der Waals surface area contributed by atoms with Gasteiger partial charge in [0.25, 0.3) is 0 Å². The molecule has 116 valence electrons. The van der Waals surface area contributed by atoms with Gasteiger partial charge in [-0.25, -0.2) is 0 Å². The topological polar surface area (TPSA) is 59.6 Å². The Bertz CT molecular complexity index is 503. The Morgan fingerprint density at radius 1 is 1.33 bits per heavy atom. The maximum atomic E-state index is 12.0. The third-order valence-corrected chi connectivity index (χ3v) is 3.77. The quantitative estimate of drug-likeness (QED) is 0.839. The van der Waals surface area contributed by atoms with Crippen LogP contribution >= 0.6 is 0 Å². The molecule has 0 radical (unpaired) electrons. The zero-order valence-electron chi connectivity index (χ0n) is 13.0. The molecule has 5 heteroatoms. The fourth-order valence-corrected chi connectivity index (χ4v) is 2.67. The van der Waals surface area contributed by atoms with Crippen LogP contribution in [0.3, 0.4) is 0 Å². The first-order valence-electron chi connectivity index (χ1n) is 7.44. The van der Waals surface area contributed by atoms with E-state index in [1.54, 1.807) is 14.2 Å². The number of carbonyl (C=O) groups is 1. The first kappa shape index (κ1) is 15.6. The van der Waals surface area contributed by atoms with Crippen molar-refractivity contribution < 1.29 is 14.3 Å². The highest BCUT2D eigenvalue weighted by Crippen LogP contribution is 2.36. The molecule has 1 atom stereocenters. The Hall–Kier alpha value is -1.75. The summed E-state index contributed by atoms with van der Waals surface area (Å²) in [4.78, 5) is 12.0. The Balaban J connectivity index is 2.19. The number of benzene rings is 1. The van der Waals surface area contributed by atoms with E-state index in [0.717, 1.165) is 37.2 Å². The van der Waals surface area contributed by atoms with E-state index in [0.29, 0.717) is 12.2 Å². The average molecular weight is 292 g/mol. The summed E-state index contributed by atoms with van der Waals surface area (Å²) in [6, 6.07) is 4.04. The van der Waals surface area contributed by atoms with Crippen LogP contribution in [0.15, 0.2) is 12.1 Å². The average Bonchev–Trinajstić information content (AvgIpc) is 2.51. The molecule has 0 saturated carbocycles. The van der Waals surface area contributed by atoms with Gasteiger partial charge < -0.3 is 20.1 Å². The van der Waals surface area contributed by atoms with E-state index in [9.17, 15) is 4.79 Å². The lowest BCUT2D eigenvalue weighted by Gasteiger charge is -2.27. The van der Waals surface area contributed by atoms with E-state index in [4.69, 9.17) is 9.47 Å². The van der Waals surface area contributed by atoms with Crippen LogP contribution in [-0.4, -0.2) is 33.2 Å². The molecule has 0 aliphatic carbocycles. The minimum atomic E-state index is 0.0328. The minimum Gasteiger partial charge on any atom is -0.493 e. The van der Waals surface area contributed by atoms with Gasteiger partial charge in [0.15, 0.2) is 11.5 Å². The van der Waals surface area contributed by atoms with Crippen LogP contribution in [0.2, 0.25) is 0 Å². The molecule has 1 aliphatic heterocycles. The van der Waals surface area contributed by atoms with Gasteiger partial charge in [0.2, 0.25) is 5.91 Å². The number of methoxy groups -OCH3 is 2. The van der Waals surface area contributed by atoms with E-state index >= 15 is 0 Å². The van der Waals surface area contributed by atoms with E-state index < -0.39 is 0 Å². The molecule has 2 rings (SSSR count). The van der Waals surface area contributed by atoms with E-state index in [1.807, 2.05) is 19.1 Å². The lowest BCUT2D eigenvalue weighted by molar-refractivity contribution is -0.121. The van der Waals surface area contributed by atoms with Gasteiger partial charge in [-0.05, 0) is 42.6 Å². The molecular weight excluding hydrogens is 268 g/mol. The van der Waals surface area contributed by atoms with Gasteiger partial charge in [0.1, 0.15) is 0 Å². The van der Waals surface area contributed by atoms with Crippen LogP contribution < -0.4 is 20.1 Å². The number of hydrogen-bond acceptors (Lipinski definition) is 4. The number of hydrogen-bond donors (Lipinski definition) is 2. The third-order valence-electron chi connectivity index (χ3n) is 3.77. The fourth-order valence-electron chi connectivity index (χ4n) is 2.67. The van der Waals surface area contributed by atoms with Crippen LogP contribution in [-0.2, 0) is 11.2 Å². The number of carbonyl (C=O) groups excluding carboxylic acids is 1. The van der Waals surface area contributed by atoms with Crippen LogP contribution in [0.1, 0.15) is 36.9 Å². The molecule has 1 unspecified atom stereocenters. The summed E-state index contributed by atoms with van der Waals surface area (Å²) < 4.78 is 10.7. The number of nitrogens with one attached hydrogen (secondary N) is 2. The molecule has 1 heterocycles. The molecule has 0 fully saturated rings. The molecule has 21 heavy (non-hydrogen) atoms. The summed E-state index contributed by atoms with van der Waals surface area (Å²) in [7, 11) is 3.27. The molecular formula is C16H24N2O3. The van der Waals surface area contributed by atoms with Gasteiger partial charge in [-0.1, -0.05) is 6.92 Å². The Morgan fingerprint density at radius 3 is 2.71 bits per heavy atom. The maximum Gasteiger partial charge on any atom is 0.221 e. The summed E-state index contributed by atoms with van der Waals surface area (Å²) in [5.41, 5.74) is 2.35.